The number of nitrogens with zero attached hydrogens (tertiary/aromatic N) is 3. The number of amides is 2. The van der Waals surface area contributed by atoms with Gasteiger partial charge in [-0.1, -0.05) is 32.0 Å². The summed E-state index contributed by atoms with van der Waals surface area (Å²) in [5, 5.41) is 17.8. The van der Waals surface area contributed by atoms with Crippen molar-refractivity contribution in [3.05, 3.63) is 30.0 Å². The molecule has 2 aromatic rings. The van der Waals surface area contributed by atoms with Crippen LogP contribution in [0, 0.1) is 5.92 Å². The monoisotopic (exact) mass is 330 g/mol. The average Bonchev–Trinajstić information content (AvgIpc) is 2.90. The third-order valence-electron chi connectivity index (χ3n) is 4.09. The number of nitrogens with one attached hydrogen (secondary N) is 1. The van der Waals surface area contributed by atoms with E-state index in [4.69, 9.17) is 0 Å². The fourth-order valence-corrected chi connectivity index (χ4v) is 3.04. The van der Waals surface area contributed by atoms with Gasteiger partial charge in [0.05, 0.1) is 11.6 Å². The molecule has 1 aliphatic rings. The quantitative estimate of drug-likeness (QED) is 0.874. The van der Waals surface area contributed by atoms with Crippen LogP contribution >= 0.6 is 0 Å². The van der Waals surface area contributed by atoms with Gasteiger partial charge in [-0.3, -0.25) is 14.7 Å². The Hall–Kier alpha value is -2.41. The van der Waals surface area contributed by atoms with E-state index in [1.54, 1.807) is 4.90 Å². The van der Waals surface area contributed by atoms with Crippen molar-refractivity contribution in [3.63, 3.8) is 0 Å². The smallest absolute Gasteiger partial charge is 0.275 e. The van der Waals surface area contributed by atoms with E-state index in [9.17, 15) is 14.7 Å². The molecule has 1 aliphatic heterocycles. The van der Waals surface area contributed by atoms with Gasteiger partial charge in [0, 0.05) is 25.0 Å². The Kier molecular flexibility index (Phi) is 4.53. The molecule has 0 aliphatic carbocycles. The van der Waals surface area contributed by atoms with Gasteiger partial charge in [0.15, 0.2) is 5.69 Å². The molecule has 2 N–H and O–H groups in total. The van der Waals surface area contributed by atoms with Crippen molar-refractivity contribution in [2.45, 2.75) is 20.0 Å². The van der Waals surface area contributed by atoms with Crippen LogP contribution in [-0.4, -0.2) is 69.2 Å². The fraction of sp³-hybridized carbons (Fsp3) is 0.471. The lowest BCUT2D eigenvalue weighted by atomic mass is 10.2. The largest absolute Gasteiger partial charge is 0.389 e. The molecule has 1 atom stereocenters. The Morgan fingerprint density at radius 2 is 2.12 bits per heavy atom. The first-order valence-corrected chi connectivity index (χ1v) is 8.14. The van der Waals surface area contributed by atoms with Gasteiger partial charge in [0.25, 0.3) is 5.91 Å². The van der Waals surface area contributed by atoms with Crippen LogP contribution < -0.4 is 0 Å². The molecule has 24 heavy (non-hydrogen) atoms. The second-order valence-corrected chi connectivity index (χ2v) is 6.65. The van der Waals surface area contributed by atoms with Gasteiger partial charge in [0.2, 0.25) is 5.91 Å². The van der Waals surface area contributed by atoms with Crippen molar-refractivity contribution in [1.82, 2.24) is 20.0 Å². The van der Waals surface area contributed by atoms with Gasteiger partial charge >= 0.3 is 0 Å². The van der Waals surface area contributed by atoms with Crippen molar-refractivity contribution in [2.75, 3.05) is 26.2 Å². The van der Waals surface area contributed by atoms with E-state index in [1.807, 2.05) is 38.1 Å². The summed E-state index contributed by atoms with van der Waals surface area (Å²) in [6.07, 6.45) is -0.760. The molecule has 128 valence electrons. The van der Waals surface area contributed by atoms with Gasteiger partial charge in [-0.2, -0.15) is 5.10 Å². The molecular weight excluding hydrogens is 308 g/mol. The second-order valence-electron chi connectivity index (χ2n) is 6.65. The number of hydrogen-bond donors (Lipinski definition) is 2. The Bertz CT molecular complexity index is 755. The van der Waals surface area contributed by atoms with Gasteiger partial charge in [-0.05, 0) is 12.0 Å². The number of aliphatic hydroxyl groups excluding tert-OH is 1. The molecule has 1 aromatic heterocycles. The Labute approximate surface area is 140 Å². The zero-order valence-electron chi connectivity index (χ0n) is 13.9. The Morgan fingerprint density at radius 1 is 1.38 bits per heavy atom. The van der Waals surface area contributed by atoms with Crippen LogP contribution in [0.15, 0.2) is 24.3 Å². The number of aromatic amines is 1. The SMILES string of the molecule is CC(C)CN1CC(O)CN(C(=O)c2n[nH]c3ccccc23)CC1=O. The first-order chi connectivity index (χ1) is 11.5. The van der Waals surface area contributed by atoms with Crippen LogP contribution in [0.1, 0.15) is 24.3 Å². The van der Waals surface area contributed by atoms with E-state index >= 15 is 0 Å². The van der Waals surface area contributed by atoms with Gasteiger partial charge in [-0.15, -0.1) is 0 Å². The number of aromatic nitrogens is 2. The minimum Gasteiger partial charge on any atom is -0.389 e. The summed E-state index contributed by atoms with van der Waals surface area (Å²) in [4.78, 5) is 28.3. The number of aliphatic hydroxyl groups is 1. The number of carbonyl (C=O) groups is 2. The summed E-state index contributed by atoms with van der Waals surface area (Å²) < 4.78 is 0. The number of para-hydroxylation sites is 1. The third-order valence-corrected chi connectivity index (χ3v) is 4.09. The lowest BCUT2D eigenvalue weighted by Gasteiger charge is -2.23. The molecule has 1 unspecified atom stereocenters. The summed E-state index contributed by atoms with van der Waals surface area (Å²) in [6, 6.07) is 7.35. The number of carbonyl (C=O) groups excluding carboxylic acids is 2. The van der Waals surface area contributed by atoms with Crippen molar-refractivity contribution in [2.24, 2.45) is 5.92 Å². The predicted molar refractivity (Wildman–Crippen MR) is 89.4 cm³/mol. The topological polar surface area (TPSA) is 89.5 Å². The third kappa shape index (κ3) is 3.26. The zero-order valence-corrected chi connectivity index (χ0v) is 13.9. The highest BCUT2D eigenvalue weighted by atomic mass is 16.3. The maximum Gasteiger partial charge on any atom is 0.275 e. The summed E-state index contributed by atoms with van der Waals surface area (Å²) in [5.41, 5.74) is 1.05. The summed E-state index contributed by atoms with van der Waals surface area (Å²) >= 11 is 0. The Morgan fingerprint density at radius 3 is 2.88 bits per heavy atom. The standard InChI is InChI=1S/C17H22N4O3/c1-11(2)7-20-8-12(22)9-21(10-15(20)23)17(24)16-13-5-3-4-6-14(13)18-19-16/h3-6,11-12,22H,7-10H2,1-2H3,(H,18,19). The molecule has 1 fully saturated rings. The maximum absolute atomic E-state index is 12.8. The number of β-amino-alcohol motifs (C(OH)–C–C–N with tert-alkyl or cyclic N) is 1. The summed E-state index contributed by atoms with van der Waals surface area (Å²) in [7, 11) is 0. The van der Waals surface area contributed by atoms with Crippen LogP contribution in [-0.2, 0) is 4.79 Å². The zero-order chi connectivity index (χ0) is 17.3. The average molecular weight is 330 g/mol. The highest BCUT2D eigenvalue weighted by Gasteiger charge is 2.31. The molecule has 3 rings (SSSR count). The normalized spacial score (nSPS) is 19.2. The van der Waals surface area contributed by atoms with Crippen molar-refractivity contribution in [3.8, 4) is 0 Å². The molecule has 7 heteroatoms. The maximum atomic E-state index is 12.8. The molecule has 0 saturated carbocycles. The second kappa shape index (κ2) is 6.60. The van der Waals surface area contributed by atoms with E-state index in [-0.39, 0.29) is 37.1 Å². The summed E-state index contributed by atoms with van der Waals surface area (Å²) in [6.45, 7) is 4.95. The number of fused-ring (bicyclic) bond motifs is 1. The van der Waals surface area contributed by atoms with Crippen molar-refractivity contribution >= 4 is 22.7 Å². The van der Waals surface area contributed by atoms with E-state index < -0.39 is 6.10 Å². The lowest BCUT2D eigenvalue weighted by Crippen LogP contribution is -2.40. The fourth-order valence-electron chi connectivity index (χ4n) is 3.04. The van der Waals surface area contributed by atoms with Crippen LogP contribution in [0.2, 0.25) is 0 Å². The van der Waals surface area contributed by atoms with Gasteiger partial charge < -0.3 is 14.9 Å². The van der Waals surface area contributed by atoms with E-state index in [2.05, 4.69) is 10.2 Å². The lowest BCUT2D eigenvalue weighted by molar-refractivity contribution is -0.131. The molecule has 1 saturated heterocycles. The molecule has 0 radical (unpaired) electrons. The first-order valence-electron chi connectivity index (χ1n) is 8.14. The van der Waals surface area contributed by atoms with Gasteiger partial charge in [-0.25, -0.2) is 0 Å². The Balaban J connectivity index is 1.83. The predicted octanol–water partition coefficient (Wildman–Crippen LogP) is 0.864. The molecule has 0 bridgehead atoms. The van der Waals surface area contributed by atoms with E-state index in [1.165, 1.54) is 4.90 Å². The molecule has 1 aromatic carbocycles. The van der Waals surface area contributed by atoms with E-state index in [0.29, 0.717) is 17.8 Å². The molecule has 7 nitrogen and oxygen atoms in total. The van der Waals surface area contributed by atoms with Crippen LogP contribution in [0.5, 0.6) is 0 Å². The molecule has 0 spiro atoms. The van der Waals surface area contributed by atoms with Crippen molar-refractivity contribution < 1.29 is 14.7 Å². The van der Waals surface area contributed by atoms with Crippen molar-refractivity contribution in [1.29, 1.82) is 0 Å². The number of rotatable bonds is 3. The highest BCUT2D eigenvalue weighted by Crippen LogP contribution is 2.18. The number of hydrogen-bond acceptors (Lipinski definition) is 4. The molecule has 2 heterocycles. The molecule has 2 amide bonds. The van der Waals surface area contributed by atoms with Crippen LogP contribution in [0.3, 0.4) is 0 Å². The van der Waals surface area contributed by atoms with Gasteiger partial charge in [0.1, 0.15) is 6.54 Å². The minimum atomic E-state index is -0.760. The highest BCUT2D eigenvalue weighted by molar-refractivity contribution is 6.05. The van der Waals surface area contributed by atoms with E-state index in [0.717, 1.165) is 5.52 Å². The minimum absolute atomic E-state index is 0.0379. The molecular formula is C17H22N4O3. The number of H-pyrrole nitrogens is 1. The summed E-state index contributed by atoms with van der Waals surface area (Å²) in [5.74, 6) is -0.182. The number of benzene rings is 1. The van der Waals surface area contributed by atoms with Crippen LogP contribution in [0.25, 0.3) is 10.9 Å². The first kappa shape index (κ1) is 16.4. The van der Waals surface area contributed by atoms with Crippen LogP contribution in [0.4, 0.5) is 0 Å².